The molecular formula is C16H18N2O4. The topological polar surface area (TPSA) is 73.6 Å². The van der Waals surface area contributed by atoms with Gasteiger partial charge in [0.25, 0.3) is 5.69 Å². The summed E-state index contributed by atoms with van der Waals surface area (Å²) in [5.74, 6) is 1.35. The lowest BCUT2D eigenvalue weighted by molar-refractivity contribution is -0.384. The average molecular weight is 302 g/mol. The predicted molar refractivity (Wildman–Crippen MR) is 84.8 cm³/mol. The molecule has 2 rings (SSSR count). The van der Waals surface area contributed by atoms with Crippen LogP contribution in [0.2, 0.25) is 0 Å². The second-order valence-corrected chi connectivity index (χ2v) is 4.73. The van der Waals surface area contributed by atoms with E-state index in [0.717, 1.165) is 5.75 Å². The van der Waals surface area contributed by atoms with Gasteiger partial charge < -0.3 is 14.8 Å². The Kier molecular flexibility index (Phi) is 5.19. The van der Waals surface area contributed by atoms with E-state index in [-0.39, 0.29) is 5.69 Å². The van der Waals surface area contributed by atoms with E-state index >= 15 is 0 Å². The largest absolute Gasteiger partial charge is 0.495 e. The first-order chi connectivity index (χ1) is 10.6. The third-order valence-corrected chi connectivity index (χ3v) is 3.10. The summed E-state index contributed by atoms with van der Waals surface area (Å²) in [6, 6.07) is 12.2. The van der Waals surface area contributed by atoms with Crippen molar-refractivity contribution in [2.45, 2.75) is 6.92 Å². The molecule has 2 aromatic rings. The van der Waals surface area contributed by atoms with Gasteiger partial charge in [-0.15, -0.1) is 0 Å². The van der Waals surface area contributed by atoms with E-state index in [2.05, 4.69) is 5.32 Å². The van der Waals surface area contributed by atoms with Gasteiger partial charge in [-0.3, -0.25) is 10.1 Å². The predicted octanol–water partition coefficient (Wildman–Crippen LogP) is 3.40. The van der Waals surface area contributed by atoms with Crippen molar-refractivity contribution in [2.24, 2.45) is 0 Å². The molecule has 0 aliphatic carbocycles. The van der Waals surface area contributed by atoms with Crippen LogP contribution in [0.5, 0.6) is 11.5 Å². The van der Waals surface area contributed by atoms with Gasteiger partial charge >= 0.3 is 0 Å². The molecule has 22 heavy (non-hydrogen) atoms. The molecule has 2 aromatic carbocycles. The minimum atomic E-state index is -0.437. The number of hydrogen-bond donors (Lipinski definition) is 1. The standard InChI is InChI=1S/C16H18N2O4/c1-12-3-6-14(7-4-12)22-10-9-17-15-11-13(18(19)20)5-8-16(15)21-2/h3-8,11,17H,9-10H2,1-2H3. The Hall–Kier alpha value is -2.76. The number of ether oxygens (including phenoxy) is 2. The Balaban J connectivity index is 1.91. The number of methoxy groups -OCH3 is 1. The highest BCUT2D eigenvalue weighted by molar-refractivity contribution is 5.61. The maximum atomic E-state index is 10.8. The smallest absolute Gasteiger partial charge is 0.271 e. The molecule has 0 bridgehead atoms. The number of hydrogen-bond acceptors (Lipinski definition) is 5. The zero-order chi connectivity index (χ0) is 15.9. The molecule has 6 heteroatoms. The van der Waals surface area contributed by atoms with Crippen LogP contribution in [0.25, 0.3) is 0 Å². The van der Waals surface area contributed by atoms with Crippen LogP contribution in [-0.2, 0) is 0 Å². The second-order valence-electron chi connectivity index (χ2n) is 4.73. The fourth-order valence-electron chi connectivity index (χ4n) is 1.94. The highest BCUT2D eigenvalue weighted by Crippen LogP contribution is 2.28. The van der Waals surface area contributed by atoms with Crippen molar-refractivity contribution in [3.63, 3.8) is 0 Å². The summed E-state index contributed by atoms with van der Waals surface area (Å²) < 4.78 is 10.8. The molecule has 0 aliphatic rings. The first-order valence-corrected chi connectivity index (χ1v) is 6.86. The van der Waals surface area contributed by atoms with Crippen molar-refractivity contribution in [1.29, 1.82) is 0 Å². The number of non-ortho nitro benzene ring substituents is 1. The summed E-state index contributed by atoms with van der Waals surface area (Å²) in [5.41, 5.74) is 1.76. The van der Waals surface area contributed by atoms with Gasteiger partial charge in [0, 0.05) is 18.7 Å². The van der Waals surface area contributed by atoms with Gasteiger partial charge in [0.1, 0.15) is 18.1 Å². The normalized spacial score (nSPS) is 10.1. The van der Waals surface area contributed by atoms with E-state index < -0.39 is 4.92 Å². The summed E-state index contributed by atoms with van der Waals surface area (Å²) in [7, 11) is 1.52. The summed E-state index contributed by atoms with van der Waals surface area (Å²) in [6.07, 6.45) is 0. The van der Waals surface area contributed by atoms with Gasteiger partial charge in [0.05, 0.1) is 17.7 Å². The third-order valence-electron chi connectivity index (χ3n) is 3.10. The molecule has 0 saturated heterocycles. The maximum absolute atomic E-state index is 10.8. The van der Waals surface area contributed by atoms with E-state index in [4.69, 9.17) is 9.47 Å². The van der Waals surface area contributed by atoms with Gasteiger partial charge in [-0.1, -0.05) is 17.7 Å². The molecule has 0 unspecified atom stereocenters. The fourth-order valence-corrected chi connectivity index (χ4v) is 1.94. The van der Waals surface area contributed by atoms with Crippen molar-refractivity contribution in [3.8, 4) is 11.5 Å². The molecule has 0 fully saturated rings. The number of benzene rings is 2. The van der Waals surface area contributed by atoms with Crippen LogP contribution >= 0.6 is 0 Å². The van der Waals surface area contributed by atoms with Crippen LogP contribution in [0.3, 0.4) is 0 Å². The van der Waals surface area contributed by atoms with Crippen LogP contribution in [-0.4, -0.2) is 25.2 Å². The van der Waals surface area contributed by atoms with Crippen molar-refractivity contribution in [2.75, 3.05) is 25.6 Å². The van der Waals surface area contributed by atoms with Gasteiger partial charge in [-0.2, -0.15) is 0 Å². The van der Waals surface area contributed by atoms with E-state index in [1.807, 2.05) is 31.2 Å². The van der Waals surface area contributed by atoms with Gasteiger partial charge in [0.2, 0.25) is 0 Å². The summed E-state index contributed by atoms with van der Waals surface area (Å²) in [4.78, 5) is 10.4. The molecule has 0 saturated carbocycles. The van der Waals surface area contributed by atoms with Crippen molar-refractivity contribution in [1.82, 2.24) is 0 Å². The van der Waals surface area contributed by atoms with Crippen LogP contribution in [0.4, 0.5) is 11.4 Å². The third kappa shape index (κ3) is 4.12. The molecule has 0 aromatic heterocycles. The molecule has 116 valence electrons. The summed E-state index contributed by atoms with van der Waals surface area (Å²) >= 11 is 0. The van der Waals surface area contributed by atoms with Crippen LogP contribution in [0, 0.1) is 17.0 Å². The first kappa shape index (κ1) is 15.6. The molecule has 1 N–H and O–H groups in total. The Bertz CT molecular complexity index is 641. The number of anilines is 1. The highest BCUT2D eigenvalue weighted by atomic mass is 16.6. The molecule has 0 spiro atoms. The van der Waals surface area contributed by atoms with E-state index in [9.17, 15) is 10.1 Å². The Labute approximate surface area is 128 Å². The number of nitro benzene ring substituents is 1. The van der Waals surface area contributed by atoms with Crippen molar-refractivity contribution in [3.05, 3.63) is 58.1 Å². The number of aryl methyl sites for hydroxylation is 1. The minimum Gasteiger partial charge on any atom is -0.495 e. The van der Waals surface area contributed by atoms with Crippen LogP contribution < -0.4 is 14.8 Å². The van der Waals surface area contributed by atoms with Crippen LogP contribution in [0.15, 0.2) is 42.5 Å². The number of nitrogens with zero attached hydrogens (tertiary/aromatic N) is 1. The molecular weight excluding hydrogens is 284 g/mol. The number of nitro groups is 1. The number of nitrogens with one attached hydrogen (secondary N) is 1. The highest BCUT2D eigenvalue weighted by Gasteiger charge is 2.10. The summed E-state index contributed by atoms with van der Waals surface area (Å²) in [5, 5.41) is 13.9. The lowest BCUT2D eigenvalue weighted by Gasteiger charge is -2.11. The Morgan fingerprint density at radius 3 is 2.55 bits per heavy atom. The fraction of sp³-hybridized carbons (Fsp3) is 0.250. The Morgan fingerprint density at radius 2 is 1.91 bits per heavy atom. The molecule has 6 nitrogen and oxygen atoms in total. The second kappa shape index (κ2) is 7.31. The lowest BCUT2D eigenvalue weighted by atomic mass is 10.2. The summed E-state index contributed by atoms with van der Waals surface area (Å²) in [6.45, 7) is 2.96. The van der Waals surface area contributed by atoms with Gasteiger partial charge in [0.15, 0.2) is 0 Å². The van der Waals surface area contributed by atoms with Crippen LogP contribution in [0.1, 0.15) is 5.56 Å². The molecule has 0 aliphatic heterocycles. The zero-order valence-electron chi connectivity index (χ0n) is 12.5. The molecule has 0 atom stereocenters. The van der Waals surface area contributed by atoms with E-state index in [1.54, 1.807) is 6.07 Å². The van der Waals surface area contributed by atoms with Gasteiger partial charge in [-0.25, -0.2) is 0 Å². The van der Waals surface area contributed by atoms with Crippen molar-refractivity contribution >= 4 is 11.4 Å². The average Bonchev–Trinajstić information content (AvgIpc) is 2.53. The SMILES string of the molecule is COc1ccc([N+](=O)[O-])cc1NCCOc1ccc(C)cc1. The van der Waals surface area contributed by atoms with Crippen molar-refractivity contribution < 1.29 is 14.4 Å². The molecule has 0 heterocycles. The molecule has 0 amide bonds. The minimum absolute atomic E-state index is 0.0164. The maximum Gasteiger partial charge on any atom is 0.271 e. The van der Waals surface area contributed by atoms with E-state index in [1.165, 1.54) is 24.8 Å². The monoisotopic (exact) mass is 302 g/mol. The molecule has 0 radical (unpaired) electrons. The lowest BCUT2D eigenvalue weighted by Crippen LogP contribution is -2.12. The van der Waals surface area contributed by atoms with Gasteiger partial charge in [-0.05, 0) is 25.1 Å². The quantitative estimate of drug-likeness (QED) is 0.482. The zero-order valence-corrected chi connectivity index (χ0v) is 12.5. The Morgan fingerprint density at radius 1 is 1.18 bits per heavy atom. The van der Waals surface area contributed by atoms with E-state index in [0.29, 0.717) is 24.6 Å². The first-order valence-electron chi connectivity index (χ1n) is 6.86. The number of rotatable bonds is 7.